The van der Waals surface area contributed by atoms with E-state index in [4.69, 9.17) is 0 Å². The van der Waals surface area contributed by atoms with Crippen LogP contribution < -0.4 is 5.32 Å². The van der Waals surface area contributed by atoms with Gasteiger partial charge in [-0.2, -0.15) is 0 Å². The maximum atomic E-state index is 11.8. The van der Waals surface area contributed by atoms with Crippen molar-refractivity contribution in [2.24, 2.45) is 5.92 Å². The number of hydrogen-bond acceptors (Lipinski definition) is 4. The number of carbonyl (C=O) groups is 1. The zero-order valence-corrected chi connectivity index (χ0v) is 12.9. The summed E-state index contributed by atoms with van der Waals surface area (Å²) in [6.45, 7) is 0. The fourth-order valence-corrected chi connectivity index (χ4v) is 4.25. The molecule has 1 aromatic heterocycles. The highest BCUT2D eigenvalue weighted by Crippen LogP contribution is 2.41. The van der Waals surface area contributed by atoms with Gasteiger partial charge in [0.05, 0.1) is 5.03 Å². The summed E-state index contributed by atoms with van der Waals surface area (Å²) in [5.41, 5.74) is -0.675. The minimum absolute atomic E-state index is 0.242. The van der Waals surface area contributed by atoms with Gasteiger partial charge in [-0.05, 0) is 55.9 Å². The third-order valence-corrected chi connectivity index (χ3v) is 5.57. The molecule has 2 aliphatic rings. The Balaban J connectivity index is 1.58. The Hall–Kier alpha value is -1.07. The van der Waals surface area contributed by atoms with Crippen LogP contribution in [-0.2, 0) is 4.79 Å². The summed E-state index contributed by atoms with van der Waals surface area (Å²) < 4.78 is 0. The number of nitrogens with one attached hydrogen (secondary N) is 1. The molecule has 2 saturated carbocycles. The summed E-state index contributed by atoms with van der Waals surface area (Å²) in [6.07, 6.45) is 7.81. The van der Waals surface area contributed by atoms with Crippen molar-refractivity contribution in [1.82, 2.24) is 10.3 Å². The normalized spacial score (nSPS) is 28.7. The maximum absolute atomic E-state index is 11.8. The number of pyridine rings is 1. The largest absolute Gasteiger partial charge is 0.480 e. The summed E-state index contributed by atoms with van der Waals surface area (Å²) in [5, 5.41) is 14.2. The maximum Gasteiger partial charge on any atom is 0.324 e. The Morgan fingerprint density at radius 3 is 2.95 bits per heavy atom. The van der Waals surface area contributed by atoms with Gasteiger partial charge in [0.15, 0.2) is 0 Å². The van der Waals surface area contributed by atoms with Crippen LogP contribution in [-0.4, -0.2) is 33.4 Å². The molecule has 1 heterocycles. The molecule has 2 atom stereocenters. The molecular formula is C16H22N2O2S. The van der Waals surface area contributed by atoms with E-state index >= 15 is 0 Å². The van der Waals surface area contributed by atoms with Crippen LogP contribution in [0.25, 0.3) is 0 Å². The van der Waals surface area contributed by atoms with Gasteiger partial charge in [-0.1, -0.05) is 12.5 Å². The Morgan fingerprint density at radius 2 is 2.29 bits per heavy atom. The van der Waals surface area contributed by atoms with Gasteiger partial charge in [0.1, 0.15) is 5.54 Å². The molecule has 0 bridgehead atoms. The van der Waals surface area contributed by atoms with Crippen LogP contribution in [0.5, 0.6) is 0 Å². The highest BCUT2D eigenvalue weighted by Gasteiger charge is 2.50. The molecule has 4 nitrogen and oxygen atoms in total. The molecule has 2 unspecified atom stereocenters. The average Bonchev–Trinajstić information content (AvgIpc) is 3.20. The summed E-state index contributed by atoms with van der Waals surface area (Å²) in [4.78, 5) is 16.2. The lowest BCUT2D eigenvalue weighted by Gasteiger charge is -2.32. The Morgan fingerprint density at radius 1 is 1.43 bits per heavy atom. The van der Waals surface area contributed by atoms with Crippen LogP contribution in [0.4, 0.5) is 0 Å². The highest BCUT2D eigenvalue weighted by atomic mass is 32.2. The predicted molar refractivity (Wildman–Crippen MR) is 83.4 cm³/mol. The van der Waals surface area contributed by atoms with E-state index in [1.807, 2.05) is 18.2 Å². The predicted octanol–water partition coefficient (Wildman–Crippen LogP) is 2.94. The van der Waals surface area contributed by atoms with Crippen LogP contribution in [0.1, 0.15) is 38.5 Å². The van der Waals surface area contributed by atoms with E-state index < -0.39 is 11.5 Å². The van der Waals surface area contributed by atoms with Crippen molar-refractivity contribution in [1.29, 1.82) is 0 Å². The average molecular weight is 306 g/mol. The molecule has 3 rings (SSSR count). The second-order valence-electron chi connectivity index (χ2n) is 6.09. The number of thioether (sulfide) groups is 1. The molecule has 1 aromatic rings. The van der Waals surface area contributed by atoms with Gasteiger partial charge >= 0.3 is 5.97 Å². The van der Waals surface area contributed by atoms with E-state index in [0.29, 0.717) is 6.04 Å². The number of nitrogens with zero attached hydrogens (tertiary/aromatic N) is 1. The Labute approximate surface area is 129 Å². The molecule has 0 radical (unpaired) electrons. The third kappa shape index (κ3) is 3.40. The first-order chi connectivity index (χ1) is 10.2. The molecule has 2 N–H and O–H groups in total. The molecule has 0 aromatic carbocycles. The Bertz CT molecular complexity index is 492. The molecule has 0 spiro atoms. The minimum Gasteiger partial charge on any atom is -0.480 e. The number of aliphatic carboxylic acids is 1. The smallest absolute Gasteiger partial charge is 0.324 e. The molecule has 5 heteroatoms. The van der Waals surface area contributed by atoms with Crippen molar-refractivity contribution >= 4 is 17.7 Å². The lowest BCUT2D eigenvalue weighted by Crippen LogP contribution is -2.55. The van der Waals surface area contributed by atoms with Crippen molar-refractivity contribution in [2.45, 2.75) is 55.1 Å². The third-order valence-electron chi connectivity index (χ3n) is 4.60. The molecule has 0 aliphatic heterocycles. The van der Waals surface area contributed by atoms with Gasteiger partial charge in [0, 0.05) is 12.2 Å². The van der Waals surface area contributed by atoms with Gasteiger partial charge in [-0.25, -0.2) is 4.98 Å². The molecule has 21 heavy (non-hydrogen) atoms. The topological polar surface area (TPSA) is 62.2 Å². The van der Waals surface area contributed by atoms with Gasteiger partial charge in [0.2, 0.25) is 0 Å². The first-order valence-electron chi connectivity index (χ1n) is 7.75. The van der Waals surface area contributed by atoms with Crippen LogP contribution in [0.3, 0.4) is 0 Å². The van der Waals surface area contributed by atoms with E-state index in [-0.39, 0.29) is 5.92 Å². The second kappa shape index (κ2) is 6.36. The minimum atomic E-state index is -0.675. The van der Waals surface area contributed by atoms with Crippen LogP contribution in [0.15, 0.2) is 29.4 Å². The van der Waals surface area contributed by atoms with Gasteiger partial charge in [-0.15, -0.1) is 11.8 Å². The number of hydrogen-bond donors (Lipinski definition) is 2. The first kappa shape index (κ1) is 14.9. The zero-order chi connectivity index (χ0) is 14.7. The van der Waals surface area contributed by atoms with Crippen molar-refractivity contribution in [3.05, 3.63) is 24.4 Å². The summed E-state index contributed by atoms with van der Waals surface area (Å²) in [7, 11) is 0. The van der Waals surface area contributed by atoms with E-state index in [1.165, 1.54) is 0 Å². The SMILES string of the molecule is O=C(O)C1(NC2CC2)CCCC1CCSc1ccccn1. The van der Waals surface area contributed by atoms with Crippen LogP contribution in [0.2, 0.25) is 0 Å². The number of carboxylic acid groups (broad SMARTS) is 1. The molecule has 0 amide bonds. The van der Waals surface area contributed by atoms with Crippen molar-refractivity contribution in [3.8, 4) is 0 Å². The van der Waals surface area contributed by atoms with E-state index in [0.717, 1.165) is 49.3 Å². The van der Waals surface area contributed by atoms with Crippen LogP contribution >= 0.6 is 11.8 Å². The standard InChI is InChI=1S/C16H22N2O2S/c19-15(20)16(18-13-6-7-13)9-3-4-12(16)8-11-21-14-5-1-2-10-17-14/h1-2,5,10,12-13,18H,3-4,6-9,11H2,(H,19,20). The molecule has 114 valence electrons. The van der Waals surface area contributed by atoms with E-state index in [2.05, 4.69) is 10.3 Å². The molecule has 2 fully saturated rings. The molecule has 0 saturated heterocycles. The second-order valence-corrected chi connectivity index (χ2v) is 7.20. The summed E-state index contributed by atoms with van der Waals surface area (Å²) in [6, 6.07) is 6.34. The van der Waals surface area contributed by atoms with Gasteiger partial charge in [0.25, 0.3) is 0 Å². The number of carboxylic acids is 1. The highest BCUT2D eigenvalue weighted by molar-refractivity contribution is 7.99. The first-order valence-corrected chi connectivity index (χ1v) is 8.74. The molecular weight excluding hydrogens is 284 g/mol. The van der Waals surface area contributed by atoms with Gasteiger partial charge in [-0.3, -0.25) is 10.1 Å². The van der Waals surface area contributed by atoms with Crippen molar-refractivity contribution in [3.63, 3.8) is 0 Å². The van der Waals surface area contributed by atoms with Gasteiger partial charge < -0.3 is 5.11 Å². The Kier molecular flexibility index (Phi) is 4.50. The van der Waals surface area contributed by atoms with Crippen LogP contribution in [0, 0.1) is 5.92 Å². The lowest BCUT2D eigenvalue weighted by atomic mass is 9.85. The fraction of sp³-hybridized carbons (Fsp3) is 0.625. The quantitative estimate of drug-likeness (QED) is 0.758. The number of aromatic nitrogens is 1. The summed E-state index contributed by atoms with van der Waals surface area (Å²) >= 11 is 1.72. The van der Waals surface area contributed by atoms with E-state index in [1.54, 1.807) is 18.0 Å². The molecule has 2 aliphatic carbocycles. The van der Waals surface area contributed by atoms with E-state index in [9.17, 15) is 9.90 Å². The monoisotopic (exact) mass is 306 g/mol. The summed E-state index contributed by atoms with van der Waals surface area (Å²) in [5.74, 6) is 0.523. The number of rotatable bonds is 7. The van der Waals surface area contributed by atoms with Crippen molar-refractivity contribution in [2.75, 3.05) is 5.75 Å². The zero-order valence-electron chi connectivity index (χ0n) is 12.1. The fourth-order valence-electron chi connectivity index (χ4n) is 3.33. The van der Waals surface area contributed by atoms with Crippen molar-refractivity contribution < 1.29 is 9.90 Å². The lowest BCUT2D eigenvalue weighted by molar-refractivity contribution is -0.146.